The van der Waals surface area contributed by atoms with Crippen LogP contribution in [0.15, 0.2) is 24.3 Å². The van der Waals surface area contributed by atoms with Crippen LogP contribution in [0.25, 0.3) is 0 Å². The number of piperazine rings is 1. The highest BCUT2D eigenvalue weighted by atomic mass is 32.1. The molecule has 0 atom stereocenters. The first kappa shape index (κ1) is 20.4. The summed E-state index contributed by atoms with van der Waals surface area (Å²) in [5, 5.41) is 13.1. The van der Waals surface area contributed by atoms with Crippen LogP contribution in [0.3, 0.4) is 0 Å². The normalized spacial score (nSPS) is 16.2. The summed E-state index contributed by atoms with van der Waals surface area (Å²) in [6.45, 7) is 4.19. The second kappa shape index (κ2) is 8.86. The summed E-state index contributed by atoms with van der Waals surface area (Å²) < 4.78 is 0. The number of aryl methyl sites for hydroxylation is 1. The van der Waals surface area contributed by atoms with Crippen molar-refractivity contribution in [2.75, 3.05) is 42.9 Å². The highest BCUT2D eigenvalue weighted by Gasteiger charge is 2.23. The molecule has 1 aliphatic heterocycles. The van der Waals surface area contributed by atoms with Gasteiger partial charge in [0.1, 0.15) is 11.1 Å². The van der Waals surface area contributed by atoms with Crippen molar-refractivity contribution in [1.82, 2.24) is 4.90 Å². The minimum atomic E-state index is -0.418. The Morgan fingerprint density at radius 2 is 1.87 bits per heavy atom. The molecule has 7 nitrogen and oxygen atoms in total. The summed E-state index contributed by atoms with van der Waals surface area (Å²) in [6.07, 6.45) is 3.48. The van der Waals surface area contributed by atoms with Crippen LogP contribution in [-0.2, 0) is 17.6 Å². The number of amides is 2. The van der Waals surface area contributed by atoms with E-state index in [1.54, 1.807) is 23.5 Å². The largest absolute Gasteiger partial charge is 0.369 e. The number of carbonyl (C=O) groups excluding carboxylic acids is 2. The molecule has 2 heterocycles. The number of primary amides is 1. The van der Waals surface area contributed by atoms with Gasteiger partial charge in [0.25, 0.3) is 0 Å². The van der Waals surface area contributed by atoms with Crippen LogP contribution in [0, 0.1) is 11.3 Å². The molecule has 0 spiro atoms. The lowest BCUT2D eigenvalue weighted by Crippen LogP contribution is -2.47. The van der Waals surface area contributed by atoms with E-state index in [1.165, 1.54) is 4.88 Å². The molecule has 0 saturated carbocycles. The number of hydrogen-bond donors (Lipinski definition) is 2. The molecule has 156 valence electrons. The van der Waals surface area contributed by atoms with Crippen molar-refractivity contribution >= 4 is 33.8 Å². The zero-order valence-corrected chi connectivity index (χ0v) is 17.6. The van der Waals surface area contributed by atoms with Gasteiger partial charge in [0, 0.05) is 55.3 Å². The molecule has 2 aliphatic rings. The van der Waals surface area contributed by atoms with Crippen LogP contribution < -0.4 is 16.0 Å². The van der Waals surface area contributed by atoms with Crippen LogP contribution in [0.2, 0.25) is 0 Å². The Morgan fingerprint density at radius 3 is 2.53 bits per heavy atom. The number of thiophene rings is 1. The Morgan fingerprint density at radius 1 is 1.13 bits per heavy atom. The number of nitrogens with zero attached hydrogens (tertiary/aromatic N) is 3. The molecule has 8 heteroatoms. The maximum atomic E-state index is 12.4. The fourth-order valence-corrected chi connectivity index (χ4v) is 5.38. The van der Waals surface area contributed by atoms with Crippen molar-refractivity contribution in [2.24, 2.45) is 5.73 Å². The molecule has 1 aromatic carbocycles. The van der Waals surface area contributed by atoms with Crippen molar-refractivity contribution < 1.29 is 9.59 Å². The van der Waals surface area contributed by atoms with Gasteiger partial charge in [-0.1, -0.05) is 0 Å². The number of rotatable bonds is 6. The molecule has 0 unspecified atom stereocenters. The fraction of sp³-hybridized carbons (Fsp3) is 0.409. The topological polar surface area (TPSA) is 102 Å². The number of nitrogens with two attached hydrogens (primary N) is 1. The van der Waals surface area contributed by atoms with E-state index in [0.29, 0.717) is 24.1 Å². The van der Waals surface area contributed by atoms with Gasteiger partial charge in [0.15, 0.2) is 0 Å². The van der Waals surface area contributed by atoms with Crippen molar-refractivity contribution in [3.05, 3.63) is 45.8 Å². The molecular weight excluding hydrogens is 398 g/mol. The summed E-state index contributed by atoms with van der Waals surface area (Å²) in [4.78, 5) is 29.4. The zero-order chi connectivity index (χ0) is 21.1. The molecule has 4 rings (SSSR count). The predicted octanol–water partition coefficient (Wildman–Crippen LogP) is 2.36. The van der Waals surface area contributed by atoms with E-state index in [1.807, 2.05) is 12.1 Å². The SMILES string of the molecule is N#Cc1c(NC(=O)CCN2CCN(c3ccc(C(N)=O)cc3)CC2)sc2c1CCC2. The Bertz CT molecular complexity index is 984. The molecule has 2 amide bonds. The fourth-order valence-electron chi connectivity index (χ4n) is 4.13. The Labute approximate surface area is 180 Å². The maximum absolute atomic E-state index is 12.4. The van der Waals surface area contributed by atoms with E-state index in [-0.39, 0.29) is 5.91 Å². The minimum Gasteiger partial charge on any atom is -0.369 e. The lowest BCUT2D eigenvalue weighted by atomic mass is 10.1. The summed E-state index contributed by atoms with van der Waals surface area (Å²) in [6, 6.07) is 9.63. The van der Waals surface area contributed by atoms with Crippen LogP contribution in [0.4, 0.5) is 10.7 Å². The minimum absolute atomic E-state index is 0.0316. The average molecular weight is 424 g/mol. The lowest BCUT2D eigenvalue weighted by Gasteiger charge is -2.36. The molecule has 3 N–H and O–H groups in total. The molecule has 0 radical (unpaired) electrons. The smallest absolute Gasteiger partial charge is 0.248 e. The van der Waals surface area contributed by atoms with Gasteiger partial charge < -0.3 is 16.0 Å². The first-order valence-electron chi connectivity index (χ1n) is 10.3. The van der Waals surface area contributed by atoms with Crippen molar-refractivity contribution in [1.29, 1.82) is 5.26 Å². The van der Waals surface area contributed by atoms with Crippen molar-refractivity contribution in [2.45, 2.75) is 25.7 Å². The van der Waals surface area contributed by atoms with Gasteiger partial charge in [-0.3, -0.25) is 14.5 Å². The summed E-state index contributed by atoms with van der Waals surface area (Å²) >= 11 is 1.56. The van der Waals surface area contributed by atoms with Gasteiger partial charge >= 0.3 is 0 Å². The van der Waals surface area contributed by atoms with Gasteiger partial charge in [0.05, 0.1) is 5.56 Å². The summed E-state index contributed by atoms with van der Waals surface area (Å²) in [7, 11) is 0. The Hall–Kier alpha value is -2.89. The summed E-state index contributed by atoms with van der Waals surface area (Å²) in [5.74, 6) is -0.449. The van der Waals surface area contributed by atoms with E-state index >= 15 is 0 Å². The highest BCUT2D eigenvalue weighted by molar-refractivity contribution is 7.16. The molecule has 1 fully saturated rings. The Kier molecular flexibility index (Phi) is 6.02. The molecule has 1 aromatic heterocycles. The molecule has 0 bridgehead atoms. The van der Waals surface area contributed by atoms with E-state index in [0.717, 1.165) is 61.7 Å². The van der Waals surface area contributed by atoms with Gasteiger partial charge in [-0.25, -0.2) is 0 Å². The average Bonchev–Trinajstić information content (AvgIpc) is 3.33. The number of benzene rings is 1. The number of hydrogen-bond acceptors (Lipinski definition) is 6. The van der Waals surface area contributed by atoms with E-state index < -0.39 is 5.91 Å². The third-order valence-electron chi connectivity index (χ3n) is 5.83. The van der Waals surface area contributed by atoms with Gasteiger partial charge in [-0.2, -0.15) is 5.26 Å². The van der Waals surface area contributed by atoms with Crippen molar-refractivity contribution in [3.8, 4) is 6.07 Å². The summed E-state index contributed by atoms with van der Waals surface area (Å²) in [5.41, 5.74) is 8.68. The second-order valence-corrected chi connectivity index (χ2v) is 8.82. The lowest BCUT2D eigenvalue weighted by molar-refractivity contribution is -0.116. The third kappa shape index (κ3) is 4.32. The second-order valence-electron chi connectivity index (χ2n) is 7.71. The van der Waals surface area contributed by atoms with Crippen molar-refractivity contribution in [3.63, 3.8) is 0 Å². The first-order valence-corrected chi connectivity index (χ1v) is 11.1. The number of carbonyl (C=O) groups is 2. The predicted molar refractivity (Wildman–Crippen MR) is 118 cm³/mol. The van der Waals surface area contributed by atoms with E-state index in [9.17, 15) is 14.9 Å². The third-order valence-corrected chi connectivity index (χ3v) is 7.04. The molecule has 1 aliphatic carbocycles. The van der Waals surface area contributed by atoms with E-state index in [4.69, 9.17) is 5.73 Å². The standard InChI is InChI=1S/C22H25N5O2S/c23-14-18-17-2-1-3-19(17)30-22(18)25-20(28)8-9-26-10-12-27(13-11-26)16-6-4-15(5-7-16)21(24)29/h4-7H,1-3,8-13H2,(H2,24,29)(H,25,28). The van der Waals surface area contributed by atoms with Gasteiger partial charge in [-0.15, -0.1) is 11.3 Å². The van der Waals surface area contributed by atoms with Gasteiger partial charge in [-0.05, 0) is 49.1 Å². The molecule has 30 heavy (non-hydrogen) atoms. The van der Waals surface area contributed by atoms with Crippen LogP contribution in [0.5, 0.6) is 0 Å². The number of nitriles is 1. The van der Waals surface area contributed by atoms with Crippen LogP contribution >= 0.6 is 11.3 Å². The van der Waals surface area contributed by atoms with Crippen LogP contribution in [0.1, 0.15) is 39.2 Å². The first-order chi connectivity index (χ1) is 14.5. The number of fused-ring (bicyclic) bond motifs is 1. The van der Waals surface area contributed by atoms with E-state index in [2.05, 4.69) is 21.2 Å². The molecule has 2 aromatic rings. The highest BCUT2D eigenvalue weighted by Crippen LogP contribution is 2.38. The maximum Gasteiger partial charge on any atom is 0.248 e. The van der Waals surface area contributed by atoms with Crippen LogP contribution in [-0.4, -0.2) is 49.4 Å². The number of nitrogens with one attached hydrogen (secondary N) is 1. The molecular formula is C22H25N5O2S. The monoisotopic (exact) mass is 423 g/mol. The van der Waals surface area contributed by atoms with Gasteiger partial charge in [0.2, 0.25) is 11.8 Å². The Balaban J connectivity index is 1.24. The quantitative estimate of drug-likeness (QED) is 0.743. The molecule has 1 saturated heterocycles. The number of anilines is 2. The zero-order valence-electron chi connectivity index (χ0n) is 16.8.